The molecule has 1 amide bonds. The maximum absolute atomic E-state index is 11.6. The molecule has 0 saturated heterocycles. The minimum absolute atomic E-state index is 0.0965. The Balaban J connectivity index is 0.000000574. The fraction of sp³-hybridized carbons (Fsp3) is 0.444. The molecule has 0 spiro atoms. The molecule has 5 heteroatoms. The first-order valence-corrected chi connectivity index (χ1v) is 11.8. The summed E-state index contributed by atoms with van der Waals surface area (Å²) in [6.45, 7) is 19.6. The van der Waals surface area contributed by atoms with Crippen LogP contribution < -0.4 is 5.32 Å². The number of halogens is 1. The molecule has 2 aromatic rings. The minimum atomic E-state index is -0.498. The minimum Gasteiger partial charge on any atom is -0.444 e. The van der Waals surface area contributed by atoms with Crippen molar-refractivity contribution >= 4 is 33.8 Å². The average molecular weight is 507 g/mol. The quantitative estimate of drug-likeness (QED) is 0.431. The summed E-state index contributed by atoms with van der Waals surface area (Å²) in [4.78, 5) is 11.6. The molecule has 0 fully saturated rings. The molecule has 0 saturated carbocycles. The standard InChI is InChI=1S/C14H19NO2.C11H15BrO.C2H6/c1-6-11-10(2)8-7-9-12(11)15-13(16)17-14(3,4)5;1-3-11(2,8-13)9-4-6-10(12)7-5-9;1-2/h6-9H,1H2,2-5H3,(H,15,16);4-7,13H,3,8H2,1-2H3;1-2H3. The number of aliphatic hydroxyl groups excluding tert-OH is 1. The van der Waals surface area contributed by atoms with Gasteiger partial charge in [-0.1, -0.05) is 80.5 Å². The molecule has 0 heterocycles. The van der Waals surface area contributed by atoms with Crippen LogP contribution in [0.3, 0.4) is 0 Å². The SMILES string of the molecule is C=Cc1c(C)cccc1NC(=O)OC(C)(C)C.CC.CCC(C)(CO)c1ccc(Br)cc1. The second kappa shape index (κ2) is 14.1. The zero-order valence-corrected chi connectivity index (χ0v) is 22.5. The highest BCUT2D eigenvalue weighted by Gasteiger charge is 2.23. The van der Waals surface area contributed by atoms with Crippen LogP contribution in [-0.2, 0) is 10.2 Å². The van der Waals surface area contributed by atoms with E-state index in [0.29, 0.717) is 5.69 Å². The fourth-order valence-corrected chi connectivity index (χ4v) is 3.00. The number of rotatable bonds is 5. The van der Waals surface area contributed by atoms with Gasteiger partial charge in [-0.05, 0) is 63.4 Å². The van der Waals surface area contributed by atoms with Crippen molar-refractivity contribution in [1.82, 2.24) is 0 Å². The highest BCUT2D eigenvalue weighted by atomic mass is 79.9. The fourth-order valence-electron chi connectivity index (χ4n) is 2.73. The smallest absolute Gasteiger partial charge is 0.412 e. The van der Waals surface area contributed by atoms with E-state index in [1.165, 1.54) is 5.56 Å². The number of nitrogens with one attached hydrogen (secondary N) is 1. The lowest BCUT2D eigenvalue weighted by atomic mass is 9.81. The second-order valence-electron chi connectivity index (χ2n) is 8.45. The summed E-state index contributed by atoms with van der Waals surface area (Å²) < 4.78 is 6.27. The van der Waals surface area contributed by atoms with Gasteiger partial charge in [0.15, 0.2) is 0 Å². The van der Waals surface area contributed by atoms with Gasteiger partial charge in [-0.15, -0.1) is 0 Å². The maximum Gasteiger partial charge on any atom is 0.412 e. The van der Waals surface area contributed by atoms with Gasteiger partial charge >= 0.3 is 6.09 Å². The van der Waals surface area contributed by atoms with Crippen LogP contribution in [-0.4, -0.2) is 23.4 Å². The number of carbonyl (C=O) groups is 1. The van der Waals surface area contributed by atoms with Crippen molar-refractivity contribution < 1.29 is 14.6 Å². The van der Waals surface area contributed by atoms with E-state index < -0.39 is 11.7 Å². The van der Waals surface area contributed by atoms with E-state index in [-0.39, 0.29) is 12.0 Å². The number of hydrogen-bond donors (Lipinski definition) is 2. The van der Waals surface area contributed by atoms with E-state index in [0.717, 1.165) is 22.0 Å². The molecule has 2 aromatic carbocycles. The van der Waals surface area contributed by atoms with Crippen molar-refractivity contribution in [3.63, 3.8) is 0 Å². The van der Waals surface area contributed by atoms with Crippen molar-refractivity contribution in [2.45, 2.75) is 72.8 Å². The van der Waals surface area contributed by atoms with E-state index in [4.69, 9.17) is 4.74 Å². The number of hydrogen-bond acceptors (Lipinski definition) is 3. The lowest BCUT2D eigenvalue weighted by Gasteiger charge is -2.26. The first-order chi connectivity index (χ1) is 15.0. The summed E-state index contributed by atoms with van der Waals surface area (Å²) in [6, 6.07) is 13.8. The van der Waals surface area contributed by atoms with E-state index in [1.54, 1.807) is 6.08 Å². The van der Waals surface area contributed by atoms with Crippen LogP contribution in [0.1, 0.15) is 71.6 Å². The van der Waals surface area contributed by atoms with Gasteiger partial charge in [0.05, 0.1) is 12.3 Å². The first-order valence-electron chi connectivity index (χ1n) is 11.0. The molecular weight excluding hydrogens is 466 g/mol. The Bertz CT molecular complexity index is 835. The van der Waals surface area contributed by atoms with Gasteiger partial charge in [0, 0.05) is 15.5 Å². The molecule has 0 aliphatic rings. The van der Waals surface area contributed by atoms with E-state index in [2.05, 4.69) is 53.8 Å². The zero-order chi connectivity index (χ0) is 24.9. The van der Waals surface area contributed by atoms with Gasteiger partial charge in [0.2, 0.25) is 0 Å². The molecule has 0 radical (unpaired) electrons. The molecule has 0 aromatic heterocycles. The Morgan fingerprint density at radius 1 is 1.12 bits per heavy atom. The molecular formula is C27H40BrNO3. The van der Waals surface area contributed by atoms with Crippen LogP contribution in [0.5, 0.6) is 0 Å². The van der Waals surface area contributed by atoms with Crippen molar-refractivity contribution in [3.8, 4) is 0 Å². The van der Waals surface area contributed by atoms with Crippen LogP contribution in [0, 0.1) is 6.92 Å². The third kappa shape index (κ3) is 10.0. The summed E-state index contributed by atoms with van der Waals surface area (Å²) in [6.07, 6.45) is 2.22. The number of carbonyl (C=O) groups excluding carboxylic acids is 1. The second-order valence-corrected chi connectivity index (χ2v) is 9.36. The Morgan fingerprint density at radius 2 is 1.69 bits per heavy atom. The summed E-state index contributed by atoms with van der Waals surface area (Å²) in [5.74, 6) is 0. The summed E-state index contributed by atoms with van der Waals surface area (Å²) in [5.41, 5.74) is 3.30. The van der Waals surface area contributed by atoms with E-state index in [9.17, 15) is 9.90 Å². The van der Waals surface area contributed by atoms with Gasteiger partial charge < -0.3 is 9.84 Å². The van der Waals surface area contributed by atoms with Gasteiger partial charge in [-0.2, -0.15) is 0 Å². The molecule has 1 atom stereocenters. The Kier molecular flexibility index (Phi) is 13.2. The third-order valence-electron chi connectivity index (χ3n) is 4.83. The zero-order valence-electron chi connectivity index (χ0n) is 20.9. The lowest BCUT2D eigenvalue weighted by molar-refractivity contribution is 0.0636. The lowest BCUT2D eigenvalue weighted by Crippen LogP contribution is -2.27. The van der Waals surface area contributed by atoms with Gasteiger partial charge in [-0.3, -0.25) is 5.32 Å². The number of aliphatic hydroxyl groups is 1. The monoisotopic (exact) mass is 505 g/mol. The number of amides is 1. The molecule has 4 nitrogen and oxygen atoms in total. The molecule has 0 aliphatic heterocycles. The van der Waals surface area contributed by atoms with Crippen LogP contribution in [0.4, 0.5) is 10.5 Å². The predicted molar refractivity (Wildman–Crippen MR) is 141 cm³/mol. The normalized spacial score (nSPS) is 12.2. The summed E-state index contributed by atoms with van der Waals surface area (Å²) in [5, 5.41) is 12.0. The van der Waals surface area contributed by atoms with Crippen LogP contribution >= 0.6 is 15.9 Å². The average Bonchev–Trinajstić information content (AvgIpc) is 2.74. The highest BCUT2D eigenvalue weighted by Crippen LogP contribution is 2.27. The van der Waals surface area contributed by atoms with Crippen molar-refractivity contribution in [3.05, 3.63) is 70.2 Å². The number of anilines is 1. The molecule has 2 N–H and O–H groups in total. The van der Waals surface area contributed by atoms with E-state index in [1.807, 2.05) is 71.9 Å². The predicted octanol–water partition coefficient (Wildman–Crippen LogP) is 8.12. The molecule has 178 valence electrons. The van der Waals surface area contributed by atoms with Crippen LogP contribution in [0.2, 0.25) is 0 Å². The van der Waals surface area contributed by atoms with Crippen LogP contribution in [0.25, 0.3) is 6.08 Å². The van der Waals surface area contributed by atoms with Gasteiger partial charge in [0.25, 0.3) is 0 Å². The Morgan fingerprint density at radius 3 is 2.12 bits per heavy atom. The highest BCUT2D eigenvalue weighted by molar-refractivity contribution is 9.10. The molecule has 2 rings (SSSR count). The van der Waals surface area contributed by atoms with Crippen LogP contribution in [0.15, 0.2) is 53.5 Å². The van der Waals surface area contributed by atoms with Gasteiger partial charge in [0.1, 0.15) is 5.60 Å². The number of ether oxygens (including phenoxy) is 1. The topological polar surface area (TPSA) is 58.6 Å². The third-order valence-corrected chi connectivity index (χ3v) is 5.36. The molecule has 1 unspecified atom stereocenters. The van der Waals surface area contributed by atoms with Crippen molar-refractivity contribution in [2.75, 3.05) is 11.9 Å². The number of aryl methyl sites for hydroxylation is 1. The molecule has 32 heavy (non-hydrogen) atoms. The first kappa shape index (κ1) is 29.9. The summed E-state index contributed by atoms with van der Waals surface area (Å²) >= 11 is 3.39. The van der Waals surface area contributed by atoms with Crippen molar-refractivity contribution in [2.24, 2.45) is 0 Å². The Hall–Kier alpha value is -2.11. The maximum atomic E-state index is 11.6. The van der Waals surface area contributed by atoms with Gasteiger partial charge in [-0.25, -0.2) is 4.79 Å². The largest absolute Gasteiger partial charge is 0.444 e. The number of benzene rings is 2. The molecule has 0 bridgehead atoms. The Labute approximate surface area is 203 Å². The van der Waals surface area contributed by atoms with E-state index >= 15 is 0 Å². The molecule has 0 aliphatic carbocycles. The van der Waals surface area contributed by atoms with Crippen molar-refractivity contribution in [1.29, 1.82) is 0 Å². The summed E-state index contributed by atoms with van der Waals surface area (Å²) in [7, 11) is 0.